The molecule has 0 spiro atoms. The van der Waals surface area contributed by atoms with Crippen molar-refractivity contribution >= 4 is 10.9 Å². The fraction of sp³-hybridized carbons (Fsp3) is 0.320. The summed E-state index contributed by atoms with van der Waals surface area (Å²) in [5, 5.41) is 4.91. The molecule has 138 valence electrons. The minimum atomic E-state index is 0.612. The Morgan fingerprint density at radius 1 is 0.815 bits per heavy atom. The zero-order chi connectivity index (χ0) is 18.3. The number of pyridine rings is 1. The SMILES string of the molecule is c1ccc(CC2NCCC3=C2CCCC3)cc1.c1ccc2ncccc2c1. The molecule has 1 atom stereocenters. The van der Waals surface area contributed by atoms with Crippen LogP contribution >= 0.6 is 0 Å². The summed E-state index contributed by atoms with van der Waals surface area (Å²) in [5.74, 6) is 0. The van der Waals surface area contributed by atoms with Crippen LogP contribution in [0.4, 0.5) is 0 Å². The Morgan fingerprint density at radius 3 is 2.48 bits per heavy atom. The number of hydrogen-bond donors (Lipinski definition) is 1. The number of nitrogens with one attached hydrogen (secondary N) is 1. The van der Waals surface area contributed by atoms with Gasteiger partial charge < -0.3 is 5.32 Å². The van der Waals surface area contributed by atoms with E-state index in [0.29, 0.717) is 6.04 Å². The molecule has 3 aromatic rings. The number of benzene rings is 2. The quantitative estimate of drug-likeness (QED) is 0.596. The number of nitrogens with zero attached hydrogens (tertiary/aromatic N) is 1. The van der Waals surface area contributed by atoms with Gasteiger partial charge in [0.05, 0.1) is 5.52 Å². The fourth-order valence-corrected chi connectivity index (χ4v) is 4.28. The molecule has 0 bridgehead atoms. The molecule has 1 aliphatic heterocycles. The van der Waals surface area contributed by atoms with E-state index in [4.69, 9.17) is 0 Å². The van der Waals surface area contributed by atoms with Gasteiger partial charge in [-0.3, -0.25) is 4.98 Å². The van der Waals surface area contributed by atoms with E-state index in [2.05, 4.69) is 52.8 Å². The molecular formula is C25H28N2. The van der Waals surface area contributed by atoms with E-state index in [1.54, 1.807) is 11.1 Å². The normalized spacial score (nSPS) is 19.2. The van der Waals surface area contributed by atoms with Crippen molar-refractivity contribution in [2.75, 3.05) is 6.54 Å². The first-order chi connectivity index (χ1) is 13.4. The third kappa shape index (κ3) is 4.64. The maximum atomic E-state index is 4.18. The first-order valence-corrected chi connectivity index (χ1v) is 10.2. The van der Waals surface area contributed by atoms with Gasteiger partial charge in [0.15, 0.2) is 0 Å². The molecule has 2 aliphatic rings. The van der Waals surface area contributed by atoms with Crippen molar-refractivity contribution in [2.24, 2.45) is 0 Å². The lowest BCUT2D eigenvalue weighted by Gasteiger charge is -2.33. The van der Waals surface area contributed by atoms with E-state index < -0.39 is 0 Å². The van der Waals surface area contributed by atoms with Crippen LogP contribution in [0.2, 0.25) is 0 Å². The fourth-order valence-electron chi connectivity index (χ4n) is 4.28. The van der Waals surface area contributed by atoms with Crippen molar-refractivity contribution in [3.05, 3.63) is 89.6 Å². The zero-order valence-corrected chi connectivity index (χ0v) is 15.9. The molecule has 1 unspecified atom stereocenters. The molecule has 0 saturated carbocycles. The van der Waals surface area contributed by atoms with Crippen LogP contribution in [0.3, 0.4) is 0 Å². The smallest absolute Gasteiger partial charge is 0.0701 e. The maximum absolute atomic E-state index is 4.18. The average molecular weight is 357 g/mol. The van der Waals surface area contributed by atoms with Crippen LogP contribution in [0.1, 0.15) is 37.7 Å². The standard InChI is InChI=1S/C16H21N.C9H7N/c1-2-6-13(7-3-1)12-16-15-9-5-4-8-14(15)10-11-17-16;1-2-6-9-8(4-1)5-3-7-10-9/h1-3,6-7,16-17H,4-5,8-12H2;1-7H. The zero-order valence-electron chi connectivity index (χ0n) is 15.9. The van der Waals surface area contributed by atoms with Crippen molar-refractivity contribution in [2.45, 2.75) is 44.6 Å². The van der Waals surface area contributed by atoms with Gasteiger partial charge in [-0.25, -0.2) is 0 Å². The topological polar surface area (TPSA) is 24.9 Å². The molecule has 2 heterocycles. The lowest BCUT2D eigenvalue weighted by molar-refractivity contribution is 0.474. The summed E-state index contributed by atoms with van der Waals surface area (Å²) >= 11 is 0. The predicted molar refractivity (Wildman–Crippen MR) is 114 cm³/mol. The highest BCUT2D eigenvalue weighted by molar-refractivity contribution is 5.77. The van der Waals surface area contributed by atoms with E-state index in [-0.39, 0.29) is 0 Å². The largest absolute Gasteiger partial charge is 0.310 e. The van der Waals surface area contributed by atoms with Gasteiger partial charge >= 0.3 is 0 Å². The maximum Gasteiger partial charge on any atom is 0.0701 e. The summed E-state index contributed by atoms with van der Waals surface area (Å²) in [7, 11) is 0. The highest BCUT2D eigenvalue weighted by Crippen LogP contribution is 2.32. The van der Waals surface area contributed by atoms with Crippen LogP contribution in [0.5, 0.6) is 0 Å². The molecular weight excluding hydrogens is 328 g/mol. The summed E-state index contributed by atoms with van der Waals surface area (Å²) in [6.07, 6.45) is 9.77. The second-order valence-electron chi connectivity index (χ2n) is 7.48. The number of para-hydroxylation sites is 1. The van der Waals surface area contributed by atoms with Crippen molar-refractivity contribution in [1.82, 2.24) is 10.3 Å². The molecule has 1 aromatic heterocycles. The molecule has 2 heteroatoms. The van der Waals surface area contributed by atoms with Crippen LogP contribution in [0, 0.1) is 0 Å². The van der Waals surface area contributed by atoms with E-state index in [0.717, 1.165) is 5.52 Å². The van der Waals surface area contributed by atoms with Gasteiger partial charge in [0.25, 0.3) is 0 Å². The third-order valence-electron chi connectivity index (χ3n) is 5.66. The van der Waals surface area contributed by atoms with Gasteiger partial charge in [-0.15, -0.1) is 0 Å². The van der Waals surface area contributed by atoms with E-state index in [1.165, 1.54) is 56.0 Å². The van der Waals surface area contributed by atoms with E-state index in [1.807, 2.05) is 30.5 Å². The van der Waals surface area contributed by atoms with Crippen molar-refractivity contribution < 1.29 is 0 Å². The Bertz CT molecular complexity index is 829. The molecule has 0 saturated heterocycles. The van der Waals surface area contributed by atoms with E-state index >= 15 is 0 Å². The Morgan fingerprint density at radius 2 is 1.59 bits per heavy atom. The van der Waals surface area contributed by atoms with Crippen molar-refractivity contribution in [3.63, 3.8) is 0 Å². The summed E-state index contributed by atoms with van der Waals surface area (Å²) < 4.78 is 0. The molecule has 2 nitrogen and oxygen atoms in total. The number of aromatic nitrogens is 1. The number of rotatable bonds is 2. The Labute approximate surface area is 162 Å². The molecule has 5 rings (SSSR count). The van der Waals surface area contributed by atoms with Gasteiger partial charge in [-0.05, 0) is 62.8 Å². The summed E-state index contributed by atoms with van der Waals surface area (Å²) in [6.45, 7) is 1.18. The first kappa shape index (κ1) is 17.9. The highest BCUT2D eigenvalue weighted by atomic mass is 14.9. The molecule has 1 N–H and O–H groups in total. The molecule has 0 radical (unpaired) electrons. The van der Waals surface area contributed by atoms with Crippen LogP contribution in [0.15, 0.2) is 84.1 Å². The van der Waals surface area contributed by atoms with Gasteiger partial charge in [0.1, 0.15) is 0 Å². The number of fused-ring (bicyclic) bond motifs is 1. The summed E-state index contributed by atoms with van der Waals surface area (Å²) in [6, 6.07) is 23.6. The molecule has 2 aromatic carbocycles. The average Bonchev–Trinajstić information content (AvgIpc) is 2.75. The Balaban J connectivity index is 0.000000153. The monoisotopic (exact) mass is 356 g/mol. The predicted octanol–water partition coefficient (Wildman–Crippen LogP) is 5.70. The highest BCUT2D eigenvalue weighted by Gasteiger charge is 2.24. The van der Waals surface area contributed by atoms with Gasteiger partial charge in [-0.1, -0.05) is 65.7 Å². The first-order valence-electron chi connectivity index (χ1n) is 10.2. The Hall–Kier alpha value is -2.45. The second kappa shape index (κ2) is 8.96. The minimum absolute atomic E-state index is 0.612. The lowest BCUT2D eigenvalue weighted by Crippen LogP contribution is -2.39. The van der Waals surface area contributed by atoms with Crippen LogP contribution < -0.4 is 5.32 Å². The third-order valence-corrected chi connectivity index (χ3v) is 5.66. The molecule has 27 heavy (non-hydrogen) atoms. The van der Waals surface area contributed by atoms with Crippen LogP contribution in [-0.4, -0.2) is 17.6 Å². The summed E-state index contributed by atoms with van der Waals surface area (Å²) in [4.78, 5) is 4.18. The van der Waals surface area contributed by atoms with Crippen LogP contribution in [-0.2, 0) is 6.42 Å². The van der Waals surface area contributed by atoms with Gasteiger partial charge in [0.2, 0.25) is 0 Å². The number of hydrogen-bond acceptors (Lipinski definition) is 2. The molecule has 1 aliphatic carbocycles. The molecule has 0 amide bonds. The molecule has 0 fully saturated rings. The van der Waals surface area contributed by atoms with Crippen molar-refractivity contribution in [1.29, 1.82) is 0 Å². The van der Waals surface area contributed by atoms with Gasteiger partial charge in [0, 0.05) is 17.6 Å². The Kier molecular flexibility index (Phi) is 5.96. The summed E-state index contributed by atoms with van der Waals surface area (Å²) in [5.41, 5.74) is 6.04. The van der Waals surface area contributed by atoms with Gasteiger partial charge in [-0.2, -0.15) is 0 Å². The minimum Gasteiger partial charge on any atom is -0.310 e. The second-order valence-corrected chi connectivity index (χ2v) is 7.48. The van der Waals surface area contributed by atoms with Crippen LogP contribution in [0.25, 0.3) is 10.9 Å². The lowest BCUT2D eigenvalue weighted by atomic mass is 9.81. The van der Waals surface area contributed by atoms with Crippen molar-refractivity contribution in [3.8, 4) is 0 Å². The van der Waals surface area contributed by atoms with E-state index in [9.17, 15) is 0 Å².